The molecule has 3 nitrogen and oxygen atoms in total. The van der Waals surface area contributed by atoms with Gasteiger partial charge in [0.25, 0.3) is 0 Å². The number of ether oxygens (including phenoxy) is 3. The second-order valence-electron chi connectivity index (χ2n) is 7.96. The molecule has 0 rings (SSSR count). The minimum atomic E-state index is -0.607. The van der Waals surface area contributed by atoms with Gasteiger partial charge < -0.3 is 14.2 Å². The number of hydrogen-bond donors (Lipinski definition) is 0. The van der Waals surface area contributed by atoms with Gasteiger partial charge in [-0.2, -0.15) is 0 Å². The highest BCUT2D eigenvalue weighted by Gasteiger charge is 2.36. The summed E-state index contributed by atoms with van der Waals surface area (Å²) in [7, 11) is 0.754. The molecule has 0 spiro atoms. The molecule has 0 saturated carbocycles. The second-order valence-corrected chi connectivity index (χ2v) is 9.49. The highest BCUT2D eigenvalue weighted by molar-refractivity contribution is 6.13. The van der Waals surface area contributed by atoms with Crippen molar-refractivity contribution in [1.82, 2.24) is 0 Å². The summed E-state index contributed by atoms with van der Waals surface area (Å²) in [5.74, 6) is 0. The fraction of sp³-hybridized carbons (Fsp3) is 1.00. The standard InChI is InChI=1S/C14H32O3Si/c1-11(2,3)15-10-14(18,16-12(4,5)6)17-13(7,8)9/h10H2,1-9,18H3. The quantitative estimate of drug-likeness (QED) is 0.583. The van der Waals surface area contributed by atoms with Crippen LogP contribution >= 0.6 is 0 Å². The van der Waals surface area contributed by atoms with Crippen LogP contribution in [0.15, 0.2) is 0 Å². The summed E-state index contributed by atoms with van der Waals surface area (Å²) >= 11 is 0. The van der Waals surface area contributed by atoms with Gasteiger partial charge in [-0.3, -0.25) is 0 Å². The second kappa shape index (κ2) is 5.61. The predicted octanol–water partition coefficient (Wildman–Crippen LogP) is 2.45. The van der Waals surface area contributed by atoms with Crippen LogP contribution in [-0.4, -0.2) is 39.1 Å². The molecule has 0 N–H and O–H groups in total. The molecule has 0 aromatic carbocycles. The maximum atomic E-state index is 6.11. The molecule has 18 heavy (non-hydrogen) atoms. The fourth-order valence-corrected chi connectivity index (χ4v) is 3.09. The molecule has 0 unspecified atom stereocenters. The van der Waals surface area contributed by atoms with E-state index >= 15 is 0 Å². The molecule has 0 heterocycles. The lowest BCUT2D eigenvalue weighted by molar-refractivity contribution is -0.288. The van der Waals surface area contributed by atoms with Crippen molar-refractivity contribution in [2.24, 2.45) is 0 Å². The van der Waals surface area contributed by atoms with Crippen molar-refractivity contribution in [3.05, 3.63) is 0 Å². The first-order valence-electron chi connectivity index (χ1n) is 6.66. The summed E-state index contributed by atoms with van der Waals surface area (Å²) in [5.41, 5.74) is -1.27. The van der Waals surface area contributed by atoms with Crippen molar-refractivity contribution in [1.29, 1.82) is 0 Å². The first kappa shape index (κ1) is 18.1. The molecule has 0 radical (unpaired) electrons. The Hall–Kier alpha value is 0.0969. The van der Waals surface area contributed by atoms with Crippen molar-refractivity contribution in [3.8, 4) is 0 Å². The van der Waals surface area contributed by atoms with Crippen LogP contribution in [-0.2, 0) is 14.2 Å². The van der Waals surface area contributed by atoms with E-state index in [0.717, 1.165) is 10.2 Å². The molecule has 0 saturated heterocycles. The number of hydrogen-bond acceptors (Lipinski definition) is 3. The zero-order valence-corrected chi connectivity index (χ0v) is 15.9. The Morgan fingerprint density at radius 1 is 0.667 bits per heavy atom. The topological polar surface area (TPSA) is 27.7 Å². The average Bonchev–Trinajstić information content (AvgIpc) is 1.91. The Bertz CT molecular complexity index is 240. The Balaban J connectivity index is 4.81. The Morgan fingerprint density at radius 2 is 1.00 bits per heavy atom. The third-order valence-corrected chi connectivity index (χ3v) is 2.51. The van der Waals surface area contributed by atoms with E-state index in [1.807, 2.05) is 62.3 Å². The predicted molar refractivity (Wildman–Crippen MR) is 80.1 cm³/mol. The summed E-state index contributed by atoms with van der Waals surface area (Å²) in [6.07, 6.45) is 0. The first-order chi connectivity index (χ1) is 7.62. The van der Waals surface area contributed by atoms with Crippen molar-refractivity contribution < 1.29 is 14.2 Å². The SMILES string of the molecule is CC(C)(C)OCC([SiH3])(OC(C)(C)C)OC(C)(C)C. The van der Waals surface area contributed by atoms with E-state index in [1.165, 1.54) is 0 Å². The van der Waals surface area contributed by atoms with Crippen molar-refractivity contribution in [2.45, 2.75) is 84.5 Å². The summed E-state index contributed by atoms with van der Waals surface area (Å²) in [4.78, 5) is 0. The van der Waals surface area contributed by atoms with Gasteiger partial charge in [-0.1, -0.05) is 0 Å². The molecule has 0 atom stereocenters. The van der Waals surface area contributed by atoms with Gasteiger partial charge in [0.05, 0.1) is 33.7 Å². The van der Waals surface area contributed by atoms with E-state index in [-0.39, 0.29) is 16.8 Å². The van der Waals surface area contributed by atoms with Gasteiger partial charge in [0.1, 0.15) is 0 Å². The maximum Gasteiger partial charge on any atom is 0.165 e. The smallest absolute Gasteiger partial charge is 0.165 e. The van der Waals surface area contributed by atoms with E-state index in [2.05, 4.69) is 0 Å². The molecule has 110 valence electrons. The average molecular weight is 276 g/mol. The van der Waals surface area contributed by atoms with Crippen LogP contribution in [0.1, 0.15) is 62.3 Å². The van der Waals surface area contributed by atoms with E-state index in [9.17, 15) is 0 Å². The minimum absolute atomic E-state index is 0.182. The van der Waals surface area contributed by atoms with Crippen LogP contribution in [0.4, 0.5) is 0 Å². The largest absolute Gasteiger partial charge is 0.371 e. The van der Waals surface area contributed by atoms with Crippen LogP contribution in [0.2, 0.25) is 0 Å². The van der Waals surface area contributed by atoms with Crippen molar-refractivity contribution in [3.63, 3.8) is 0 Å². The van der Waals surface area contributed by atoms with Crippen LogP contribution in [0, 0.1) is 0 Å². The lowest BCUT2D eigenvalue weighted by atomic mass is 10.1. The maximum absolute atomic E-state index is 6.11. The molecular weight excluding hydrogens is 244 g/mol. The van der Waals surface area contributed by atoms with Gasteiger partial charge in [0.2, 0.25) is 0 Å². The third kappa shape index (κ3) is 10.1. The summed E-state index contributed by atoms with van der Waals surface area (Å²) in [6, 6.07) is 0. The molecule has 0 aliphatic carbocycles. The lowest BCUT2D eigenvalue weighted by Gasteiger charge is -2.42. The van der Waals surface area contributed by atoms with Gasteiger partial charge in [-0.15, -0.1) is 0 Å². The molecule has 0 bridgehead atoms. The fourth-order valence-electron chi connectivity index (χ4n) is 1.72. The molecule has 0 aromatic rings. The van der Waals surface area contributed by atoms with E-state index in [0.29, 0.717) is 6.61 Å². The van der Waals surface area contributed by atoms with Crippen molar-refractivity contribution in [2.75, 3.05) is 6.61 Å². The van der Waals surface area contributed by atoms with Gasteiger partial charge in [0, 0.05) is 0 Å². The van der Waals surface area contributed by atoms with Gasteiger partial charge >= 0.3 is 0 Å². The Morgan fingerprint density at radius 3 is 1.22 bits per heavy atom. The monoisotopic (exact) mass is 276 g/mol. The van der Waals surface area contributed by atoms with Crippen LogP contribution in [0.3, 0.4) is 0 Å². The molecule has 0 fully saturated rings. The first-order valence-corrected chi connectivity index (χ1v) is 7.66. The van der Waals surface area contributed by atoms with E-state index in [1.54, 1.807) is 0 Å². The highest BCUT2D eigenvalue weighted by atomic mass is 28.1. The minimum Gasteiger partial charge on any atom is -0.371 e. The zero-order valence-electron chi connectivity index (χ0n) is 13.9. The van der Waals surface area contributed by atoms with Gasteiger partial charge in [-0.25, -0.2) is 0 Å². The Kier molecular flexibility index (Phi) is 5.64. The molecule has 0 amide bonds. The zero-order chi connectivity index (χ0) is 14.8. The third-order valence-electron chi connectivity index (χ3n) is 1.81. The summed E-state index contributed by atoms with van der Waals surface area (Å²) < 4.78 is 18.1. The molecule has 4 heteroatoms. The van der Waals surface area contributed by atoms with Gasteiger partial charge in [0.15, 0.2) is 5.41 Å². The normalized spacial score (nSPS) is 15.2. The lowest BCUT2D eigenvalue weighted by Crippen LogP contribution is -2.51. The Labute approximate surface area is 116 Å². The van der Waals surface area contributed by atoms with Crippen LogP contribution in [0.5, 0.6) is 0 Å². The van der Waals surface area contributed by atoms with Gasteiger partial charge in [-0.05, 0) is 62.3 Å². The number of rotatable bonds is 4. The molecule has 0 aliphatic rings. The summed E-state index contributed by atoms with van der Waals surface area (Å²) in [6.45, 7) is 18.9. The van der Waals surface area contributed by atoms with Crippen LogP contribution in [0.25, 0.3) is 0 Å². The highest BCUT2D eigenvalue weighted by Crippen LogP contribution is 2.26. The molecular formula is C14H32O3Si. The van der Waals surface area contributed by atoms with E-state index in [4.69, 9.17) is 14.2 Å². The summed E-state index contributed by atoms with van der Waals surface area (Å²) in [5, 5.41) is 0. The molecule has 0 aromatic heterocycles. The van der Waals surface area contributed by atoms with Crippen molar-refractivity contribution >= 4 is 10.2 Å². The molecule has 0 aliphatic heterocycles. The van der Waals surface area contributed by atoms with Crippen LogP contribution < -0.4 is 0 Å². The van der Waals surface area contributed by atoms with E-state index < -0.39 is 5.41 Å².